The van der Waals surface area contributed by atoms with Crippen LogP contribution in [0.4, 0.5) is 5.82 Å². The summed E-state index contributed by atoms with van der Waals surface area (Å²) in [4.78, 5) is 38.6. The molecular formula is C17H22N2O9S2. The number of nitrogens with one attached hydrogen (secondary N) is 1. The van der Waals surface area contributed by atoms with Gasteiger partial charge in [-0.15, -0.1) is 11.8 Å². The molecule has 1 aromatic heterocycles. The van der Waals surface area contributed by atoms with Gasteiger partial charge in [0.05, 0.1) is 12.5 Å². The van der Waals surface area contributed by atoms with E-state index in [1.165, 1.54) is 50.9 Å². The number of pyridine rings is 1. The zero-order chi connectivity index (χ0) is 22.5. The molecule has 0 unspecified atom stereocenters. The minimum absolute atomic E-state index is 0.102. The zero-order valence-corrected chi connectivity index (χ0v) is 18.3. The molecule has 1 saturated heterocycles. The Bertz CT molecular complexity index is 889. The van der Waals surface area contributed by atoms with Crippen LogP contribution in [0.5, 0.6) is 5.75 Å². The Hall–Kier alpha value is -2.54. The number of nitrogens with zero attached hydrogens (tertiary/aromatic N) is 1. The summed E-state index contributed by atoms with van der Waals surface area (Å²) in [6.07, 6.45) is -0.683. The molecule has 1 aliphatic rings. The van der Waals surface area contributed by atoms with Gasteiger partial charge in [0.1, 0.15) is 11.6 Å². The number of sulfonamides is 1. The number of hydrogen-bond acceptors (Lipinski definition) is 11. The van der Waals surface area contributed by atoms with Crippen molar-refractivity contribution >= 4 is 45.5 Å². The van der Waals surface area contributed by atoms with Crippen LogP contribution in [0, 0.1) is 0 Å². The number of thioether (sulfide) groups is 1. The molecule has 0 bridgehead atoms. The highest BCUT2D eigenvalue weighted by molar-refractivity contribution is 7.99. The van der Waals surface area contributed by atoms with Gasteiger partial charge >= 0.3 is 17.9 Å². The van der Waals surface area contributed by atoms with Gasteiger partial charge in [0, 0.05) is 26.5 Å². The number of carbonyl (C=O) groups excluding carboxylic acids is 3. The number of hydrogen-bond donors (Lipinski definition) is 1. The second-order valence-electron chi connectivity index (χ2n) is 6.37. The minimum Gasteiger partial charge on any atom is -0.474 e. The molecule has 0 radical (unpaired) electrons. The number of rotatable bonds is 7. The summed E-state index contributed by atoms with van der Waals surface area (Å²) < 4.78 is 46.4. The highest BCUT2D eigenvalue weighted by Gasteiger charge is 2.47. The molecule has 2 rings (SSSR count). The monoisotopic (exact) mass is 462 g/mol. The van der Waals surface area contributed by atoms with Crippen LogP contribution < -0.4 is 9.46 Å². The molecule has 0 aliphatic carbocycles. The van der Waals surface area contributed by atoms with Crippen molar-refractivity contribution in [3.8, 4) is 5.75 Å². The number of aromatic nitrogens is 1. The van der Waals surface area contributed by atoms with Gasteiger partial charge in [0.2, 0.25) is 10.0 Å². The zero-order valence-electron chi connectivity index (χ0n) is 16.7. The lowest BCUT2D eigenvalue weighted by Crippen LogP contribution is -2.55. The summed E-state index contributed by atoms with van der Waals surface area (Å²) in [5, 5.41) is 0. The van der Waals surface area contributed by atoms with Crippen molar-refractivity contribution in [3.63, 3.8) is 0 Å². The molecule has 0 saturated carbocycles. The summed E-state index contributed by atoms with van der Waals surface area (Å²) in [5.41, 5.74) is -0.805. The topological polar surface area (TPSA) is 147 Å². The third kappa shape index (κ3) is 7.37. The molecular weight excluding hydrogens is 440 g/mol. The third-order valence-corrected chi connectivity index (χ3v) is 5.38. The van der Waals surface area contributed by atoms with Gasteiger partial charge in [-0.25, -0.2) is 13.4 Å². The van der Waals surface area contributed by atoms with E-state index >= 15 is 0 Å². The Kier molecular flexibility index (Phi) is 7.89. The van der Waals surface area contributed by atoms with Gasteiger partial charge in [0.25, 0.3) is 0 Å². The maximum Gasteiger partial charge on any atom is 0.303 e. The van der Waals surface area contributed by atoms with E-state index in [0.717, 1.165) is 6.26 Å². The number of esters is 3. The first kappa shape index (κ1) is 23.7. The summed E-state index contributed by atoms with van der Waals surface area (Å²) in [5.74, 6) is -1.27. The van der Waals surface area contributed by atoms with E-state index in [1.54, 1.807) is 0 Å². The third-order valence-electron chi connectivity index (χ3n) is 3.58. The standard InChI is InChI=1S/C17H22N2O9S2/c1-9(20)25-13-8-29-17(16(27-11(3)22)15(13)26-10(2)21)28-12-5-6-14(18-7-12)19-30(4,23)24/h5-7,13,15-17H,8H2,1-4H3,(H,18,19)/t13-,15+,16-,17-/m1/s1. The molecule has 1 aliphatic heterocycles. The van der Waals surface area contributed by atoms with Crippen LogP contribution in [0.3, 0.4) is 0 Å². The molecule has 4 atom stereocenters. The molecule has 30 heavy (non-hydrogen) atoms. The average molecular weight is 463 g/mol. The molecule has 1 fully saturated rings. The molecule has 2 heterocycles. The van der Waals surface area contributed by atoms with E-state index < -0.39 is 51.7 Å². The van der Waals surface area contributed by atoms with Gasteiger partial charge in [-0.05, 0) is 12.1 Å². The maximum absolute atomic E-state index is 11.6. The highest BCUT2D eigenvalue weighted by Crippen LogP contribution is 2.34. The quantitative estimate of drug-likeness (QED) is 0.451. The fourth-order valence-corrected chi connectivity index (χ4v) is 4.36. The molecule has 1 N–H and O–H groups in total. The first-order valence-electron chi connectivity index (χ1n) is 8.68. The molecule has 0 spiro atoms. The molecule has 11 nitrogen and oxygen atoms in total. The fourth-order valence-electron chi connectivity index (χ4n) is 2.64. The van der Waals surface area contributed by atoms with Crippen LogP contribution in [0.2, 0.25) is 0 Å². The minimum atomic E-state index is -3.48. The Morgan fingerprint density at radius 2 is 1.63 bits per heavy atom. The van der Waals surface area contributed by atoms with Crippen molar-refractivity contribution in [2.75, 3.05) is 16.7 Å². The van der Waals surface area contributed by atoms with Crippen molar-refractivity contribution in [2.45, 2.75) is 44.5 Å². The molecule has 1 aromatic rings. The van der Waals surface area contributed by atoms with Crippen molar-refractivity contribution in [3.05, 3.63) is 18.3 Å². The Morgan fingerprint density at radius 1 is 1.03 bits per heavy atom. The Balaban J connectivity index is 2.23. The maximum atomic E-state index is 11.6. The van der Waals surface area contributed by atoms with E-state index in [4.69, 9.17) is 18.9 Å². The lowest BCUT2D eigenvalue weighted by molar-refractivity contribution is -0.186. The summed E-state index contributed by atoms with van der Waals surface area (Å²) in [6.45, 7) is 3.59. The Labute approximate surface area is 177 Å². The predicted molar refractivity (Wildman–Crippen MR) is 106 cm³/mol. The summed E-state index contributed by atoms with van der Waals surface area (Å²) in [6, 6.07) is 2.88. The lowest BCUT2D eigenvalue weighted by atomic mass is 10.1. The smallest absolute Gasteiger partial charge is 0.303 e. The normalized spacial score (nSPS) is 23.7. The molecule has 166 valence electrons. The van der Waals surface area contributed by atoms with Crippen molar-refractivity contribution < 1.29 is 41.7 Å². The second kappa shape index (κ2) is 9.98. The van der Waals surface area contributed by atoms with Gasteiger partial charge in [-0.3, -0.25) is 19.1 Å². The first-order chi connectivity index (χ1) is 13.9. The number of anilines is 1. The van der Waals surface area contributed by atoms with Crippen LogP contribution in [-0.2, 0) is 38.6 Å². The van der Waals surface area contributed by atoms with Crippen LogP contribution in [0.1, 0.15) is 20.8 Å². The number of ether oxygens (including phenoxy) is 4. The first-order valence-corrected chi connectivity index (χ1v) is 11.6. The van der Waals surface area contributed by atoms with Crippen molar-refractivity contribution in [1.29, 1.82) is 0 Å². The van der Waals surface area contributed by atoms with E-state index in [1.807, 2.05) is 0 Å². The average Bonchev–Trinajstić information content (AvgIpc) is 2.59. The van der Waals surface area contributed by atoms with E-state index in [2.05, 4.69) is 9.71 Å². The number of carbonyl (C=O) groups is 3. The van der Waals surface area contributed by atoms with Gasteiger partial charge in [-0.2, -0.15) is 0 Å². The fraction of sp³-hybridized carbons (Fsp3) is 0.529. The second-order valence-corrected chi connectivity index (χ2v) is 9.25. The van der Waals surface area contributed by atoms with Gasteiger partial charge < -0.3 is 18.9 Å². The van der Waals surface area contributed by atoms with Gasteiger partial charge in [-0.1, -0.05) is 0 Å². The molecule has 0 aromatic carbocycles. The highest BCUT2D eigenvalue weighted by atomic mass is 32.2. The van der Waals surface area contributed by atoms with Crippen LogP contribution in [0.15, 0.2) is 18.3 Å². The predicted octanol–water partition coefficient (Wildman–Crippen LogP) is 0.700. The van der Waals surface area contributed by atoms with Crippen LogP contribution in [-0.4, -0.2) is 67.1 Å². The van der Waals surface area contributed by atoms with Gasteiger partial charge in [0.15, 0.2) is 23.7 Å². The van der Waals surface area contributed by atoms with E-state index in [9.17, 15) is 22.8 Å². The van der Waals surface area contributed by atoms with Crippen LogP contribution in [0.25, 0.3) is 0 Å². The lowest BCUT2D eigenvalue weighted by Gasteiger charge is -2.39. The summed E-state index contributed by atoms with van der Waals surface area (Å²) in [7, 11) is -3.48. The summed E-state index contributed by atoms with van der Waals surface area (Å²) >= 11 is 1.20. The molecule has 13 heteroatoms. The SMILES string of the molecule is CC(=O)O[C@@H]1[C@@H](OC(C)=O)[C@H](OC(C)=O)CS[C@H]1Oc1ccc(NS(C)(=O)=O)nc1. The molecule has 0 amide bonds. The van der Waals surface area contributed by atoms with Crippen molar-refractivity contribution in [1.82, 2.24) is 4.98 Å². The van der Waals surface area contributed by atoms with E-state index in [-0.39, 0.29) is 17.3 Å². The van der Waals surface area contributed by atoms with E-state index in [0.29, 0.717) is 0 Å². The van der Waals surface area contributed by atoms with Crippen LogP contribution >= 0.6 is 11.8 Å². The van der Waals surface area contributed by atoms with Crippen molar-refractivity contribution in [2.24, 2.45) is 0 Å². The Morgan fingerprint density at radius 3 is 2.13 bits per heavy atom. The largest absolute Gasteiger partial charge is 0.474 e.